The van der Waals surface area contributed by atoms with E-state index in [4.69, 9.17) is 0 Å². The van der Waals surface area contributed by atoms with E-state index in [9.17, 15) is 0 Å². The third kappa shape index (κ3) is 6.58. The van der Waals surface area contributed by atoms with Gasteiger partial charge in [0, 0.05) is 33.9 Å². The van der Waals surface area contributed by atoms with Crippen molar-refractivity contribution in [1.82, 2.24) is 30.0 Å². The molecule has 0 N–H and O–H groups in total. The monoisotopic (exact) mass is 876 g/mol. The highest BCUT2D eigenvalue weighted by Gasteiger charge is 2.32. The van der Waals surface area contributed by atoms with Crippen LogP contribution in [0.2, 0.25) is 0 Å². The normalized spacial score (nSPS) is 12.6. The molecule has 10 nitrogen and oxygen atoms in total. The predicted molar refractivity (Wildman–Crippen MR) is 273 cm³/mol. The second kappa shape index (κ2) is 16.2. The van der Waals surface area contributed by atoms with Crippen molar-refractivity contribution in [2.75, 3.05) is 19.6 Å². The summed E-state index contributed by atoms with van der Waals surface area (Å²) in [5.74, 6) is 0. The molecule has 4 heterocycles. The van der Waals surface area contributed by atoms with Crippen molar-refractivity contribution in [2.45, 2.75) is 0 Å². The molecule has 322 valence electrons. The first-order valence-corrected chi connectivity index (χ1v) is 22.6. The van der Waals surface area contributed by atoms with Crippen molar-refractivity contribution in [3.8, 4) is 33.9 Å². The first-order chi connectivity index (χ1) is 33.7. The summed E-state index contributed by atoms with van der Waals surface area (Å²) in [5.41, 5.74) is 18.1. The van der Waals surface area contributed by atoms with Gasteiger partial charge >= 0.3 is 0 Å². The van der Waals surface area contributed by atoms with Gasteiger partial charge in [0.15, 0.2) is 0 Å². The average Bonchev–Trinajstić information content (AvgIpc) is 4.12. The topological polar surface area (TPSA) is 74.4 Å². The van der Waals surface area contributed by atoms with Gasteiger partial charge in [0.05, 0.1) is 69.3 Å². The number of hydrogen-bond donors (Lipinski definition) is 0. The lowest BCUT2D eigenvalue weighted by molar-refractivity contribution is 0.803. The number of benzene rings is 9. The number of nitrogens with zero attached hydrogens (tertiary/aromatic N) is 10. The Morgan fingerprint density at radius 2 is 0.515 bits per heavy atom. The Morgan fingerprint density at radius 3 is 0.868 bits per heavy atom. The fourth-order valence-corrected chi connectivity index (χ4v) is 9.59. The number of hydrogen-bond acceptors (Lipinski definition) is 8. The van der Waals surface area contributed by atoms with E-state index in [1.807, 2.05) is 27.8 Å². The minimum atomic E-state index is 0.748. The molecular formula is C58H40N10. The van der Waals surface area contributed by atoms with E-state index in [-0.39, 0.29) is 0 Å². The molecule has 0 bridgehead atoms. The van der Waals surface area contributed by atoms with E-state index in [1.54, 1.807) is 0 Å². The Hall–Kier alpha value is -9.54. The Labute approximate surface area is 393 Å². The molecule has 11 aromatic rings. The number of fused-ring (bicyclic) bond motifs is 4. The molecule has 2 aliphatic rings. The molecule has 13 rings (SSSR count). The predicted octanol–water partition coefficient (Wildman–Crippen LogP) is 14.7. The number of aromatic nitrogens is 6. The lowest BCUT2D eigenvalue weighted by Gasteiger charge is -2.40. The van der Waals surface area contributed by atoms with Crippen molar-refractivity contribution in [2.24, 2.45) is 0 Å². The second-order valence-electron chi connectivity index (χ2n) is 16.7. The summed E-state index contributed by atoms with van der Waals surface area (Å²) in [7, 11) is 0. The van der Waals surface area contributed by atoms with E-state index >= 15 is 0 Å². The number of rotatable bonds is 8. The Morgan fingerprint density at radius 1 is 0.235 bits per heavy atom. The molecule has 9 aromatic carbocycles. The number of anilines is 12. The fraction of sp³-hybridized carbons (Fsp3) is 0. The van der Waals surface area contributed by atoms with Gasteiger partial charge in [-0.25, -0.2) is 9.36 Å². The molecule has 10 heteroatoms. The van der Waals surface area contributed by atoms with Crippen LogP contribution in [0.1, 0.15) is 0 Å². The van der Waals surface area contributed by atoms with Crippen LogP contribution in [0.25, 0.3) is 33.9 Å². The Bertz CT molecular complexity index is 3310. The van der Waals surface area contributed by atoms with E-state index in [2.05, 4.69) is 265 Å². The highest BCUT2D eigenvalue weighted by molar-refractivity contribution is 6.03. The summed E-state index contributed by atoms with van der Waals surface area (Å²) in [6, 6.07) is 80.3. The average molecular weight is 877 g/mol. The van der Waals surface area contributed by atoms with Crippen LogP contribution in [0.5, 0.6) is 0 Å². The van der Waals surface area contributed by atoms with Crippen LogP contribution in [0, 0.1) is 0 Å². The highest BCUT2D eigenvalue weighted by atomic mass is 15.4. The van der Waals surface area contributed by atoms with Gasteiger partial charge in [-0.05, 0) is 115 Å². The van der Waals surface area contributed by atoms with Crippen LogP contribution in [0.3, 0.4) is 0 Å². The smallest absolute Gasteiger partial charge is 0.113 e. The maximum atomic E-state index is 4.66. The summed E-state index contributed by atoms with van der Waals surface area (Å²) >= 11 is 0. The van der Waals surface area contributed by atoms with Gasteiger partial charge in [-0.3, -0.25) is 0 Å². The molecule has 2 aliphatic heterocycles. The standard InChI is InChI=1S/C58H40N10/c1-3-20-43(21-4-1)65-51-28-7-11-32-55(51)67(56-33-12-8-29-52(56)65)47-26-16-24-45(37-47)63-39-49(59-61-63)41-18-15-19-42(36-41)50-40-64(62-60-50)46-25-17-27-48(38-46)68-57-34-13-9-30-53(57)66(44-22-5-2-6-23-44)54-31-10-14-35-58(54)68/h1-40H. The van der Waals surface area contributed by atoms with Crippen LogP contribution >= 0.6 is 0 Å². The molecular weight excluding hydrogens is 837 g/mol. The minimum Gasteiger partial charge on any atom is -0.306 e. The molecule has 0 aliphatic carbocycles. The van der Waals surface area contributed by atoms with E-state index in [0.717, 1.165) is 102 Å². The SMILES string of the molecule is c1ccc(N2c3ccccc3N(c3cccc(-n4cc(-c5cccc(-c6cn(-c7cccc(N8c9ccccc9N(c9ccccc9)c9ccccc98)c7)nn6)c5)nn4)c3)c3ccccc32)cc1. The van der Waals surface area contributed by atoms with Crippen molar-refractivity contribution in [3.05, 3.63) is 243 Å². The first-order valence-electron chi connectivity index (χ1n) is 22.6. The quantitative estimate of drug-likeness (QED) is 0.149. The summed E-state index contributed by atoms with van der Waals surface area (Å²) in [5, 5.41) is 18.6. The highest BCUT2D eigenvalue weighted by Crippen LogP contribution is 2.55. The molecule has 0 saturated carbocycles. The van der Waals surface area contributed by atoms with Gasteiger partial charge < -0.3 is 19.6 Å². The zero-order chi connectivity index (χ0) is 45.0. The summed E-state index contributed by atoms with van der Waals surface area (Å²) in [6.45, 7) is 0. The van der Waals surface area contributed by atoms with Gasteiger partial charge in [-0.1, -0.05) is 126 Å². The van der Waals surface area contributed by atoms with Gasteiger partial charge in [0.25, 0.3) is 0 Å². The molecule has 0 saturated heterocycles. The van der Waals surface area contributed by atoms with Crippen LogP contribution < -0.4 is 19.6 Å². The Balaban J connectivity index is 0.788. The summed E-state index contributed by atoms with van der Waals surface area (Å²) in [6.07, 6.45) is 3.96. The third-order valence-corrected chi connectivity index (χ3v) is 12.6. The molecule has 0 radical (unpaired) electrons. The van der Waals surface area contributed by atoms with Crippen molar-refractivity contribution in [3.63, 3.8) is 0 Å². The minimum absolute atomic E-state index is 0.748. The summed E-state index contributed by atoms with van der Waals surface area (Å²) < 4.78 is 3.68. The molecule has 0 amide bonds. The molecule has 0 fully saturated rings. The molecule has 0 unspecified atom stereocenters. The van der Waals surface area contributed by atoms with Gasteiger partial charge in [0.1, 0.15) is 11.4 Å². The lowest BCUT2D eigenvalue weighted by Crippen LogP contribution is -2.23. The maximum Gasteiger partial charge on any atom is 0.113 e. The zero-order valence-electron chi connectivity index (χ0n) is 36.6. The molecule has 2 aromatic heterocycles. The van der Waals surface area contributed by atoms with Gasteiger partial charge in [-0.15, -0.1) is 10.2 Å². The largest absolute Gasteiger partial charge is 0.306 e. The van der Waals surface area contributed by atoms with E-state index in [0.29, 0.717) is 0 Å². The fourth-order valence-electron chi connectivity index (χ4n) is 9.59. The Kier molecular flexibility index (Phi) is 9.24. The van der Waals surface area contributed by atoms with Crippen molar-refractivity contribution >= 4 is 68.2 Å². The second-order valence-corrected chi connectivity index (χ2v) is 16.7. The number of para-hydroxylation sites is 10. The van der Waals surface area contributed by atoms with Crippen LogP contribution in [0.15, 0.2) is 243 Å². The van der Waals surface area contributed by atoms with Crippen molar-refractivity contribution in [1.29, 1.82) is 0 Å². The van der Waals surface area contributed by atoms with Crippen LogP contribution in [-0.4, -0.2) is 30.0 Å². The zero-order valence-corrected chi connectivity index (χ0v) is 36.6. The van der Waals surface area contributed by atoms with Gasteiger partial charge in [0.2, 0.25) is 0 Å². The molecule has 68 heavy (non-hydrogen) atoms. The van der Waals surface area contributed by atoms with Gasteiger partial charge in [-0.2, -0.15) is 0 Å². The maximum absolute atomic E-state index is 4.66. The molecule has 0 atom stereocenters. The molecule has 0 spiro atoms. The lowest BCUT2D eigenvalue weighted by atomic mass is 10.0. The summed E-state index contributed by atoms with van der Waals surface area (Å²) in [4.78, 5) is 9.30. The third-order valence-electron chi connectivity index (χ3n) is 12.6. The van der Waals surface area contributed by atoms with E-state index < -0.39 is 0 Å². The van der Waals surface area contributed by atoms with Crippen LogP contribution in [0.4, 0.5) is 68.2 Å². The van der Waals surface area contributed by atoms with Crippen LogP contribution in [-0.2, 0) is 0 Å². The van der Waals surface area contributed by atoms with E-state index in [1.165, 1.54) is 0 Å². The first kappa shape index (κ1) is 38.9. The van der Waals surface area contributed by atoms with Crippen molar-refractivity contribution < 1.29 is 0 Å².